The average molecular weight is 769 g/mol. The summed E-state index contributed by atoms with van der Waals surface area (Å²) in [7, 11) is 66.5. The van der Waals surface area contributed by atoms with E-state index in [9.17, 15) is 0 Å². The van der Waals surface area contributed by atoms with Gasteiger partial charge in [-0.3, -0.25) is 0 Å². The van der Waals surface area contributed by atoms with Crippen molar-refractivity contribution in [3.05, 3.63) is 97.1 Å². The van der Waals surface area contributed by atoms with Crippen LogP contribution in [0.2, 0.25) is 0 Å². The molecule has 7 aromatic carbocycles. The zero-order chi connectivity index (χ0) is 42.2. The molecule has 11 aromatic rings. The molecule has 0 aliphatic heterocycles. The standard InChI is InChI=1S/C45H16B10N4OS/c46-29-26-25-30(47)33(50)35(52)37(54)39(25)59(40(26)42-28(31(29)48)27-32(49)34(51)36(53)38(55)41(27)61-42)20-12-14-23-22(16-20)21-13-11-19(15-24(21)60-23)45-57-43(17-7-3-1-4-8-17)56-44(58-45)18-9-5-2-6-10-18/h1-16H. The van der Waals surface area contributed by atoms with Crippen molar-refractivity contribution in [2.75, 3.05) is 0 Å². The van der Waals surface area contributed by atoms with E-state index in [0.717, 1.165) is 27.5 Å². The van der Waals surface area contributed by atoms with Crippen LogP contribution < -0.4 is 54.6 Å². The Morgan fingerprint density at radius 1 is 0.393 bits per heavy atom. The van der Waals surface area contributed by atoms with E-state index in [0.29, 0.717) is 76.3 Å². The Hall–Kier alpha value is -5.98. The first-order chi connectivity index (χ1) is 29.4. The van der Waals surface area contributed by atoms with E-state index in [2.05, 4.69) is 0 Å². The zero-order valence-corrected chi connectivity index (χ0v) is 32.9. The van der Waals surface area contributed by atoms with Gasteiger partial charge < -0.3 is 8.98 Å². The van der Waals surface area contributed by atoms with E-state index in [1.54, 1.807) is 0 Å². The molecule has 16 heteroatoms. The second-order valence-corrected chi connectivity index (χ2v) is 16.0. The van der Waals surface area contributed by atoms with E-state index in [1.807, 2.05) is 102 Å². The predicted molar refractivity (Wildman–Crippen MR) is 265 cm³/mol. The van der Waals surface area contributed by atoms with Crippen molar-refractivity contribution in [2.45, 2.75) is 0 Å². The summed E-state index contributed by atoms with van der Waals surface area (Å²) in [6, 6.07) is 31.4. The van der Waals surface area contributed by atoms with Gasteiger partial charge in [0.2, 0.25) is 0 Å². The summed E-state index contributed by atoms with van der Waals surface area (Å²) in [6.45, 7) is 0. The van der Waals surface area contributed by atoms with Gasteiger partial charge in [0.05, 0.1) is 10.2 Å². The van der Waals surface area contributed by atoms with Crippen molar-refractivity contribution in [2.24, 2.45) is 0 Å². The van der Waals surface area contributed by atoms with Gasteiger partial charge in [0.15, 0.2) is 17.5 Å². The number of hydrogen-bond donors (Lipinski definition) is 0. The van der Waals surface area contributed by atoms with Gasteiger partial charge in [-0.1, -0.05) is 99.5 Å². The molecule has 0 saturated heterocycles. The van der Waals surface area contributed by atoms with Gasteiger partial charge in [-0.25, -0.2) is 15.0 Å². The number of hydrogen-bond acceptors (Lipinski definition) is 5. The molecule has 0 fully saturated rings. The number of benzene rings is 7. The van der Waals surface area contributed by atoms with Crippen molar-refractivity contribution in [1.29, 1.82) is 0 Å². The fourth-order valence-electron chi connectivity index (χ4n) is 8.48. The lowest BCUT2D eigenvalue weighted by atomic mass is 9.64. The minimum atomic E-state index is 0.129. The highest BCUT2D eigenvalue weighted by Crippen LogP contribution is 2.41. The molecule has 61 heavy (non-hydrogen) atoms. The van der Waals surface area contributed by atoms with Crippen LogP contribution in [0.3, 0.4) is 0 Å². The van der Waals surface area contributed by atoms with Crippen LogP contribution >= 0.6 is 11.3 Å². The lowest BCUT2D eigenvalue weighted by Crippen LogP contribution is -2.48. The quantitative estimate of drug-likeness (QED) is 0.240. The molecule has 4 aromatic heterocycles. The average Bonchev–Trinajstić information content (AvgIpc) is 3.98. The second kappa shape index (κ2) is 13.8. The maximum absolute atomic E-state index is 6.99. The molecule has 0 atom stereocenters. The van der Waals surface area contributed by atoms with Crippen LogP contribution in [-0.2, 0) is 0 Å². The Kier molecular flexibility index (Phi) is 8.57. The topological polar surface area (TPSA) is 56.7 Å². The molecule has 4 heterocycles. The van der Waals surface area contributed by atoms with E-state index in [1.165, 1.54) is 11.3 Å². The Morgan fingerprint density at radius 3 is 1.54 bits per heavy atom. The molecule has 0 saturated carbocycles. The third kappa shape index (κ3) is 5.43. The summed E-state index contributed by atoms with van der Waals surface area (Å²) in [5.74, 6) is 1.61. The van der Waals surface area contributed by atoms with Crippen molar-refractivity contribution < 1.29 is 4.42 Å². The van der Waals surface area contributed by atoms with Crippen LogP contribution in [-0.4, -0.2) is 98.0 Å². The number of rotatable bonds is 4. The van der Waals surface area contributed by atoms with Gasteiger partial charge in [0, 0.05) is 48.8 Å². The summed E-state index contributed by atoms with van der Waals surface area (Å²) in [4.78, 5) is 14.7. The van der Waals surface area contributed by atoms with Crippen molar-refractivity contribution in [1.82, 2.24) is 19.5 Å². The fraction of sp³-hybridized carbons (Fsp3) is 0. The third-order valence-electron chi connectivity index (χ3n) is 11.6. The molecular formula is C45H16B10N4OS. The van der Waals surface area contributed by atoms with Crippen molar-refractivity contribution in [3.63, 3.8) is 0 Å². The molecule has 0 unspecified atom stereocenters. The zero-order valence-electron chi connectivity index (χ0n) is 32.1. The highest BCUT2D eigenvalue weighted by atomic mass is 32.1. The molecule has 0 aliphatic carbocycles. The van der Waals surface area contributed by atoms with Gasteiger partial charge >= 0.3 is 0 Å². The molecule has 258 valence electrons. The molecular weight excluding hydrogens is 753 g/mol. The molecule has 5 nitrogen and oxygen atoms in total. The SMILES string of the molecule is [B]c1c([B])c([B])c2c(sc3c2c([B])c([B])c2c4c([B])c([B])c([B])c([B])c4n(-c4ccc5oc6cc(-c7nc(-c8ccccc8)nc(-c8ccccc8)n7)ccc6c5c4)c32)c1[B]. The first kappa shape index (κ1) is 38.0. The highest BCUT2D eigenvalue weighted by Gasteiger charge is 2.26. The van der Waals surface area contributed by atoms with Crippen LogP contribution in [0, 0.1) is 0 Å². The van der Waals surface area contributed by atoms with Gasteiger partial charge in [-0.2, -0.15) is 0 Å². The largest absolute Gasteiger partial charge is 0.456 e. The normalized spacial score (nSPS) is 11.9. The molecule has 20 radical (unpaired) electrons. The fourth-order valence-corrected chi connectivity index (χ4v) is 9.82. The molecule has 0 spiro atoms. The van der Waals surface area contributed by atoms with Crippen LogP contribution in [0.15, 0.2) is 101 Å². The Morgan fingerprint density at radius 2 is 0.902 bits per heavy atom. The maximum Gasteiger partial charge on any atom is 0.164 e. The number of fused-ring (bicyclic) bond motifs is 10. The number of aromatic nitrogens is 4. The van der Waals surface area contributed by atoms with E-state index in [4.69, 9.17) is 97.8 Å². The van der Waals surface area contributed by atoms with Crippen LogP contribution in [0.5, 0.6) is 0 Å². The monoisotopic (exact) mass is 770 g/mol. The second-order valence-electron chi connectivity index (χ2n) is 15.0. The van der Waals surface area contributed by atoms with E-state index >= 15 is 0 Å². The minimum Gasteiger partial charge on any atom is -0.456 e. The molecule has 0 N–H and O–H groups in total. The predicted octanol–water partition coefficient (Wildman–Crippen LogP) is 0.175. The Balaban J connectivity index is 1.17. The lowest BCUT2D eigenvalue weighted by Gasteiger charge is -2.16. The summed E-state index contributed by atoms with van der Waals surface area (Å²) < 4.78 is 9.77. The van der Waals surface area contributed by atoms with Crippen LogP contribution in [0.1, 0.15) is 0 Å². The summed E-state index contributed by atoms with van der Waals surface area (Å²) >= 11 is 1.35. The van der Waals surface area contributed by atoms with E-state index in [-0.39, 0.29) is 54.6 Å². The van der Waals surface area contributed by atoms with Gasteiger partial charge in [-0.15, -0.1) is 33.2 Å². The molecule has 0 bridgehead atoms. The minimum absolute atomic E-state index is 0.129. The number of nitrogens with zero attached hydrogens (tertiary/aromatic N) is 4. The summed E-state index contributed by atoms with van der Waals surface area (Å²) in [6.07, 6.45) is 0. The number of thiophene rings is 1. The lowest BCUT2D eigenvalue weighted by molar-refractivity contribution is 0.669. The van der Waals surface area contributed by atoms with Crippen LogP contribution in [0.4, 0.5) is 0 Å². The van der Waals surface area contributed by atoms with Gasteiger partial charge in [-0.05, 0) is 46.5 Å². The van der Waals surface area contributed by atoms with Gasteiger partial charge in [0.25, 0.3) is 0 Å². The maximum atomic E-state index is 6.99. The smallest absolute Gasteiger partial charge is 0.164 e. The van der Waals surface area contributed by atoms with Gasteiger partial charge in [0.1, 0.15) is 89.6 Å². The first-order valence-corrected chi connectivity index (χ1v) is 19.8. The van der Waals surface area contributed by atoms with E-state index < -0.39 is 0 Å². The first-order valence-electron chi connectivity index (χ1n) is 19.0. The molecule has 0 amide bonds. The highest BCUT2D eigenvalue weighted by molar-refractivity contribution is 7.28. The Labute approximate surface area is 367 Å². The van der Waals surface area contributed by atoms with Crippen molar-refractivity contribution in [3.8, 4) is 39.9 Å². The summed E-state index contributed by atoms with van der Waals surface area (Å²) in [5, 5.41) is 3.80. The van der Waals surface area contributed by atoms with Crippen LogP contribution in [0.25, 0.3) is 104 Å². The molecule has 0 aliphatic rings. The summed E-state index contributed by atoms with van der Waals surface area (Å²) in [5.41, 5.74) is 7.59. The molecule has 11 rings (SSSR count). The number of furan rings is 1. The van der Waals surface area contributed by atoms with Crippen molar-refractivity contribution >= 4 is 208 Å². The third-order valence-corrected chi connectivity index (χ3v) is 12.8. The Bertz CT molecular complexity index is 3660.